The van der Waals surface area contributed by atoms with Crippen molar-refractivity contribution in [2.45, 2.75) is 19.4 Å². The van der Waals surface area contributed by atoms with Gasteiger partial charge in [-0.15, -0.1) is 6.58 Å². The number of benzene rings is 1. The minimum Gasteiger partial charge on any atom is -0.324 e. The minimum absolute atomic E-state index is 0.0306. The van der Waals surface area contributed by atoms with Crippen molar-refractivity contribution in [1.29, 1.82) is 0 Å². The molecule has 0 unspecified atom stereocenters. The van der Waals surface area contributed by atoms with Crippen LogP contribution in [0.25, 0.3) is 0 Å². The van der Waals surface area contributed by atoms with Crippen LogP contribution >= 0.6 is 0 Å². The highest BCUT2D eigenvalue weighted by molar-refractivity contribution is 5.24. The van der Waals surface area contributed by atoms with Crippen LogP contribution in [0.2, 0.25) is 0 Å². The number of hydrogen-bond donors (Lipinski definition) is 1. The molecular formula is C11H12F3N. The zero-order valence-electron chi connectivity index (χ0n) is 8.36. The maximum Gasteiger partial charge on any atom is 0.194 e. The van der Waals surface area contributed by atoms with Crippen molar-refractivity contribution >= 4 is 0 Å². The maximum absolute atomic E-state index is 13.2. The molecule has 0 aromatic heterocycles. The monoisotopic (exact) mass is 215 g/mol. The fourth-order valence-corrected chi connectivity index (χ4v) is 1.31. The molecule has 0 aliphatic rings. The first-order valence-electron chi connectivity index (χ1n) is 4.46. The molecule has 0 heterocycles. The van der Waals surface area contributed by atoms with E-state index in [1.54, 1.807) is 6.92 Å². The number of hydrogen-bond acceptors (Lipinski definition) is 1. The summed E-state index contributed by atoms with van der Waals surface area (Å²) in [4.78, 5) is 0. The van der Waals surface area contributed by atoms with Crippen molar-refractivity contribution in [1.82, 2.24) is 0 Å². The third-order valence-corrected chi connectivity index (χ3v) is 2.03. The van der Waals surface area contributed by atoms with E-state index in [4.69, 9.17) is 5.73 Å². The largest absolute Gasteiger partial charge is 0.324 e. The fraction of sp³-hybridized carbons (Fsp3) is 0.273. The molecule has 0 fully saturated rings. The van der Waals surface area contributed by atoms with Crippen LogP contribution in [-0.2, 0) is 0 Å². The summed E-state index contributed by atoms with van der Waals surface area (Å²) in [5.41, 5.74) is 6.35. The first kappa shape index (κ1) is 11.8. The molecule has 1 aromatic carbocycles. The lowest BCUT2D eigenvalue weighted by atomic mass is 10.0. The standard InChI is InChI=1S/C11H12F3N/c1-6(2)5-9(15)7-3-4-8(12)11(14)10(7)13/h3-4,9H,1,5,15H2,2H3/t9-/m0/s1. The summed E-state index contributed by atoms with van der Waals surface area (Å²) in [6, 6.07) is 1.32. The molecule has 2 N–H and O–H groups in total. The highest BCUT2D eigenvalue weighted by Gasteiger charge is 2.17. The van der Waals surface area contributed by atoms with Crippen molar-refractivity contribution in [3.8, 4) is 0 Å². The highest BCUT2D eigenvalue weighted by Crippen LogP contribution is 2.23. The van der Waals surface area contributed by atoms with Gasteiger partial charge in [-0.1, -0.05) is 11.6 Å². The summed E-state index contributed by atoms with van der Waals surface area (Å²) in [5, 5.41) is 0. The molecule has 0 aliphatic heterocycles. The van der Waals surface area contributed by atoms with E-state index in [-0.39, 0.29) is 5.56 Å². The average molecular weight is 215 g/mol. The second-order valence-electron chi connectivity index (χ2n) is 3.53. The molecule has 0 amide bonds. The summed E-state index contributed by atoms with van der Waals surface area (Å²) >= 11 is 0. The molecule has 0 spiro atoms. The van der Waals surface area contributed by atoms with Gasteiger partial charge < -0.3 is 5.73 Å². The predicted octanol–water partition coefficient (Wildman–Crippen LogP) is 3.07. The summed E-state index contributed by atoms with van der Waals surface area (Å²) in [6.45, 7) is 5.35. The molecule has 1 rings (SSSR count). The van der Waals surface area contributed by atoms with Gasteiger partial charge in [0.1, 0.15) is 0 Å². The van der Waals surface area contributed by atoms with Crippen LogP contribution in [0.4, 0.5) is 13.2 Å². The SMILES string of the molecule is C=C(C)C[C@H](N)c1ccc(F)c(F)c1F. The second-order valence-corrected chi connectivity index (χ2v) is 3.53. The lowest BCUT2D eigenvalue weighted by Crippen LogP contribution is -2.13. The van der Waals surface area contributed by atoms with Gasteiger partial charge in [-0.2, -0.15) is 0 Å². The van der Waals surface area contributed by atoms with Gasteiger partial charge in [-0.3, -0.25) is 0 Å². The van der Waals surface area contributed by atoms with Gasteiger partial charge in [0, 0.05) is 11.6 Å². The minimum atomic E-state index is -1.48. The van der Waals surface area contributed by atoms with Gasteiger partial charge in [0.2, 0.25) is 0 Å². The van der Waals surface area contributed by atoms with Gasteiger partial charge >= 0.3 is 0 Å². The van der Waals surface area contributed by atoms with E-state index < -0.39 is 23.5 Å². The summed E-state index contributed by atoms with van der Waals surface area (Å²) in [7, 11) is 0. The topological polar surface area (TPSA) is 26.0 Å². The van der Waals surface area contributed by atoms with E-state index in [1.165, 1.54) is 0 Å². The molecule has 0 saturated heterocycles. The van der Waals surface area contributed by atoms with Crippen LogP contribution in [0.3, 0.4) is 0 Å². The van der Waals surface area contributed by atoms with Crippen LogP contribution in [0.15, 0.2) is 24.3 Å². The summed E-state index contributed by atoms with van der Waals surface area (Å²) in [6.07, 6.45) is 0.335. The van der Waals surface area contributed by atoms with Crippen LogP contribution in [-0.4, -0.2) is 0 Å². The van der Waals surface area contributed by atoms with E-state index in [1.807, 2.05) is 0 Å². The Morgan fingerprint density at radius 2 is 1.93 bits per heavy atom. The van der Waals surface area contributed by atoms with Crippen molar-refractivity contribution in [2.24, 2.45) is 5.73 Å². The van der Waals surface area contributed by atoms with E-state index in [0.717, 1.165) is 17.7 Å². The van der Waals surface area contributed by atoms with Crippen LogP contribution < -0.4 is 5.73 Å². The Labute approximate surface area is 86.4 Å². The van der Waals surface area contributed by atoms with Gasteiger partial charge in [0.25, 0.3) is 0 Å². The van der Waals surface area contributed by atoms with E-state index >= 15 is 0 Å². The normalized spacial score (nSPS) is 12.6. The molecule has 1 aromatic rings. The third kappa shape index (κ3) is 2.59. The van der Waals surface area contributed by atoms with Crippen molar-refractivity contribution in [3.63, 3.8) is 0 Å². The lowest BCUT2D eigenvalue weighted by molar-refractivity contribution is 0.435. The van der Waals surface area contributed by atoms with Gasteiger partial charge in [-0.05, 0) is 19.4 Å². The van der Waals surface area contributed by atoms with Gasteiger partial charge in [0.05, 0.1) is 0 Å². The Morgan fingerprint density at radius 1 is 1.33 bits per heavy atom. The Morgan fingerprint density at radius 3 is 2.47 bits per heavy atom. The first-order valence-corrected chi connectivity index (χ1v) is 4.46. The van der Waals surface area contributed by atoms with Crippen molar-refractivity contribution in [2.75, 3.05) is 0 Å². The Hall–Kier alpha value is -1.29. The lowest BCUT2D eigenvalue weighted by Gasteiger charge is -2.13. The molecule has 1 atom stereocenters. The average Bonchev–Trinajstić information content (AvgIpc) is 2.13. The smallest absolute Gasteiger partial charge is 0.194 e. The van der Waals surface area contributed by atoms with E-state index in [0.29, 0.717) is 6.42 Å². The first-order chi connectivity index (χ1) is 6.93. The van der Waals surface area contributed by atoms with Crippen molar-refractivity contribution in [3.05, 3.63) is 47.3 Å². The summed E-state index contributed by atoms with van der Waals surface area (Å²) < 4.78 is 38.7. The Balaban J connectivity index is 3.05. The predicted molar refractivity (Wildman–Crippen MR) is 52.7 cm³/mol. The van der Waals surface area contributed by atoms with Crippen LogP contribution in [0.1, 0.15) is 24.9 Å². The number of halogens is 3. The number of rotatable bonds is 3. The molecule has 1 nitrogen and oxygen atoms in total. The molecule has 15 heavy (non-hydrogen) atoms. The molecule has 4 heteroatoms. The fourth-order valence-electron chi connectivity index (χ4n) is 1.31. The van der Waals surface area contributed by atoms with E-state index in [2.05, 4.69) is 6.58 Å². The quantitative estimate of drug-likeness (QED) is 0.608. The second kappa shape index (κ2) is 4.49. The molecule has 0 aliphatic carbocycles. The van der Waals surface area contributed by atoms with Gasteiger partial charge in [-0.25, -0.2) is 13.2 Å². The molecule has 0 bridgehead atoms. The number of nitrogens with two attached hydrogens (primary N) is 1. The zero-order chi connectivity index (χ0) is 11.6. The summed E-state index contributed by atoms with van der Waals surface area (Å²) in [5.74, 6) is -3.91. The zero-order valence-corrected chi connectivity index (χ0v) is 8.36. The molecule has 0 radical (unpaired) electrons. The molecule has 82 valence electrons. The molecular weight excluding hydrogens is 203 g/mol. The van der Waals surface area contributed by atoms with Crippen LogP contribution in [0.5, 0.6) is 0 Å². The van der Waals surface area contributed by atoms with Gasteiger partial charge in [0.15, 0.2) is 17.5 Å². The van der Waals surface area contributed by atoms with Crippen molar-refractivity contribution < 1.29 is 13.2 Å². The van der Waals surface area contributed by atoms with E-state index in [9.17, 15) is 13.2 Å². The molecule has 0 saturated carbocycles. The maximum atomic E-state index is 13.2. The van der Waals surface area contributed by atoms with Crippen LogP contribution in [0, 0.1) is 17.5 Å². The highest BCUT2D eigenvalue weighted by atomic mass is 19.2. The third-order valence-electron chi connectivity index (χ3n) is 2.03. The Bertz CT molecular complexity index is 388. The Kier molecular flexibility index (Phi) is 3.52.